The molecule has 2 nitrogen and oxygen atoms in total. The summed E-state index contributed by atoms with van der Waals surface area (Å²) >= 11 is 0. The normalized spacial score (nSPS) is 41.6. The molecule has 8 atom stereocenters. The van der Waals surface area contributed by atoms with Crippen LogP contribution in [-0.4, -0.2) is 12.1 Å². The third-order valence-corrected chi connectivity index (χ3v) is 11.9. The van der Waals surface area contributed by atoms with E-state index in [0.717, 1.165) is 42.4 Å². The Morgan fingerprint density at radius 3 is 2.39 bits per heavy atom. The van der Waals surface area contributed by atoms with Crippen LogP contribution in [-0.2, 0) is 9.53 Å². The first-order valence-electron chi connectivity index (χ1n) is 14.3. The van der Waals surface area contributed by atoms with Crippen LogP contribution in [0.3, 0.4) is 0 Å². The number of allylic oxidation sites excluding steroid dienone is 2. The van der Waals surface area contributed by atoms with E-state index < -0.39 is 0 Å². The number of ether oxygens (including phenoxy) is 1. The summed E-state index contributed by atoms with van der Waals surface area (Å²) in [6, 6.07) is 0. The molecule has 0 spiro atoms. The Hall–Kier alpha value is -0.790. The minimum atomic E-state index is -0.105. The van der Waals surface area contributed by atoms with E-state index in [4.69, 9.17) is 4.74 Å². The number of fused-ring (bicyclic) bond motifs is 5. The molecule has 0 aliphatic heterocycles. The highest BCUT2D eigenvalue weighted by Gasteiger charge is 2.58. The number of hydrogen-bond donors (Lipinski definition) is 0. The molecule has 3 fully saturated rings. The van der Waals surface area contributed by atoms with Crippen molar-refractivity contribution in [2.45, 2.75) is 126 Å². The molecule has 0 amide bonds. The molecule has 0 radical (unpaired) electrons. The molecule has 33 heavy (non-hydrogen) atoms. The van der Waals surface area contributed by atoms with Crippen molar-refractivity contribution >= 4 is 5.97 Å². The lowest BCUT2D eigenvalue weighted by Gasteiger charge is -2.58. The summed E-state index contributed by atoms with van der Waals surface area (Å²) in [6.45, 7) is 19.1. The predicted molar refractivity (Wildman–Crippen MR) is 138 cm³/mol. The summed E-state index contributed by atoms with van der Waals surface area (Å²) in [6.07, 6.45) is 15.8. The Bertz CT molecular complexity index is 763. The number of esters is 1. The summed E-state index contributed by atoms with van der Waals surface area (Å²) in [4.78, 5) is 11.5. The van der Waals surface area contributed by atoms with Gasteiger partial charge < -0.3 is 4.74 Å². The van der Waals surface area contributed by atoms with Crippen LogP contribution in [0.2, 0.25) is 0 Å². The number of carbonyl (C=O) groups excluding carboxylic acids is 1. The van der Waals surface area contributed by atoms with Gasteiger partial charge in [-0.15, -0.1) is 0 Å². The summed E-state index contributed by atoms with van der Waals surface area (Å²) in [5.41, 5.74) is 3.21. The second-order valence-electron chi connectivity index (χ2n) is 14.1. The lowest BCUT2D eigenvalue weighted by Crippen LogP contribution is -2.50. The van der Waals surface area contributed by atoms with Crippen molar-refractivity contribution in [1.82, 2.24) is 0 Å². The quantitative estimate of drug-likeness (QED) is 0.295. The third-order valence-electron chi connectivity index (χ3n) is 11.9. The maximum atomic E-state index is 11.5. The highest BCUT2D eigenvalue weighted by molar-refractivity contribution is 5.66. The zero-order valence-electron chi connectivity index (χ0n) is 23.0. The van der Waals surface area contributed by atoms with Gasteiger partial charge in [0, 0.05) is 6.92 Å². The number of carbonyl (C=O) groups is 1. The molecule has 188 valence electrons. The van der Waals surface area contributed by atoms with E-state index in [9.17, 15) is 4.79 Å². The Balaban J connectivity index is 1.47. The molecule has 0 saturated heterocycles. The zero-order valence-corrected chi connectivity index (χ0v) is 23.0. The minimum Gasteiger partial charge on any atom is -0.463 e. The molecule has 0 unspecified atom stereocenters. The molecule has 0 bridgehead atoms. The SMILES string of the molecule is CC(=O)O[C@H]1CC[C@@]2(C)[C@@H](CC=C3[C@@H]2CC[C@]2(C)[C@@H]([C@H](C)CCC(C)(C)C(C)C)CC[C@@H]32)C1. The number of hydrogen-bond acceptors (Lipinski definition) is 2. The van der Waals surface area contributed by atoms with Crippen LogP contribution in [0.1, 0.15) is 120 Å². The molecule has 0 aromatic heterocycles. The fourth-order valence-corrected chi connectivity index (χ4v) is 8.88. The van der Waals surface area contributed by atoms with Gasteiger partial charge in [-0.3, -0.25) is 4.79 Å². The summed E-state index contributed by atoms with van der Waals surface area (Å²) < 4.78 is 5.65. The first-order valence-corrected chi connectivity index (χ1v) is 14.3. The molecule has 4 aliphatic rings. The average Bonchev–Trinajstić information content (AvgIpc) is 3.09. The highest BCUT2D eigenvalue weighted by atomic mass is 16.5. The zero-order chi connectivity index (χ0) is 24.2. The van der Waals surface area contributed by atoms with Crippen LogP contribution in [0.25, 0.3) is 0 Å². The van der Waals surface area contributed by atoms with Crippen molar-refractivity contribution in [3.63, 3.8) is 0 Å². The van der Waals surface area contributed by atoms with Gasteiger partial charge in [-0.25, -0.2) is 0 Å². The van der Waals surface area contributed by atoms with Crippen molar-refractivity contribution in [3.05, 3.63) is 11.6 Å². The third kappa shape index (κ3) is 4.47. The summed E-state index contributed by atoms with van der Waals surface area (Å²) in [5, 5.41) is 0. The van der Waals surface area contributed by atoms with Crippen molar-refractivity contribution in [2.24, 2.45) is 51.8 Å². The van der Waals surface area contributed by atoms with Crippen LogP contribution < -0.4 is 0 Å². The standard InChI is InChI=1S/C31H52O2/c1-20(2)29(5,6)16-13-21(3)26-11-12-27-25-10-9-23-19-24(33-22(4)32)14-17-30(23,7)28(25)15-18-31(26,27)8/h10,20-21,23-24,26-28H,9,11-19H2,1-8H3/t21-,23+,24+,26-,27+,28+,30+,31-/m1/s1. The molecule has 0 N–H and O–H groups in total. The van der Waals surface area contributed by atoms with Crippen LogP contribution in [0, 0.1) is 51.8 Å². The Morgan fingerprint density at radius 1 is 1.06 bits per heavy atom. The fraction of sp³-hybridized carbons (Fsp3) is 0.903. The van der Waals surface area contributed by atoms with Gasteiger partial charge in [-0.05, 0) is 116 Å². The van der Waals surface area contributed by atoms with Gasteiger partial charge in [0.05, 0.1) is 0 Å². The lowest BCUT2D eigenvalue weighted by molar-refractivity contribution is -0.152. The molecule has 3 saturated carbocycles. The topological polar surface area (TPSA) is 26.3 Å². The van der Waals surface area contributed by atoms with Crippen molar-refractivity contribution in [1.29, 1.82) is 0 Å². The van der Waals surface area contributed by atoms with E-state index >= 15 is 0 Å². The smallest absolute Gasteiger partial charge is 0.302 e. The highest BCUT2D eigenvalue weighted by Crippen LogP contribution is 2.67. The van der Waals surface area contributed by atoms with Crippen LogP contribution in [0.15, 0.2) is 11.6 Å². The summed E-state index contributed by atoms with van der Waals surface area (Å²) in [5.74, 6) is 4.63. The molecule has 2 heteroatoms. The molecule has 0 aromatic carbocycles. The first-order chi connectivity index (χ1) is 15.4. The van der Waals surface area contributed by atoms with E-state index in [-0.39, 0.29) is 12.1 Å². The summed E-state index contributed by atoms with van der Waals surface area (Å²) in [7, 11) is 0. The molecular formula is C31H52O2. The maximum absolute atomic E-state index is 11.5. The second kappa shape index (κ2) is 9.02. The number of rotatable bonds is 6. The van der Waals surface area contributed by atoms with Crippen LogP contribution in [0.5, 0.6) is 0 Å². The van der Waals surface area contributed by atoms with Crippen molar-refractivity contribution in [2.75, 3.05) is 0 Å². The largest absolute Gasteiger partial charge is 0.463 e. The monoisotopic (exact) mass is 456 g/mol. The first kappa shape index (κ1) is 25.3. The Morgan fingerprint density at radius 2 is 1.73 bits per heavy atom. The molecule has 0 heterocycles. The van der Waals surface area contributed by atoms with Crippen LogP contribution >= 0.6 is 0 Å². The molecule has 4 aliphatic carbocycles. The maximum Gasteiger partial charge on any atom is 0.302 e. The van der Waals surface area contributed by atoms with Crippen molar-refractivity contribution < 1.29 is 9.53 Å². The second-order valence-corrected chi connectivity index (χ2v) is 14.1. The Labute approximate surface area is 204 Å². The predicted octanol–water partition coefficient (Wildman–Crippen LogP) is 8.60. The molecule has 4 rings (SSSR count). The van der Waals surface area contributed by atoms with E-state index in [1.165, 1.54) is 51.4 Å². The van der Waals surface area contributed by atoms with Gasteiger partial charge in [0.15, 0.2) is 0 Å². The Kier molecular flexibility index (Phi) is 6.91. The van der Waals surface area contributed by atoms with E-state index in [1.54, 1.807) is 6.92 Å². The lowest BCUT2D eigenvalue weighted by atomic mass is 9.47. The minimum absolute atomic E-state index is 0.105. The van der Waals surface area contributed by atoms with E-state index in [0.29, 0.717) is 22.2 Å². The van der Waals surface area contributed by atoms with Crippen LogP contribution in [0.4, 0.5) is 0 Å². The molecular weight excluding hydrogens is 404 g/mol. The van der Waals surface area contributed by atoms with E-state index in [2.05, 4.69) is 54.5 Å². The van der Waals surface area contributed by atoms with Gasteiger partial charge >= 0.3 is 5.97 Å². The van der Waals surface area contributed by atoms with E-state index in [1.807, 2.05) is 5.57 Å². The molecule has 0 aromatic rings. The van der Waals surface area contributed by atoms with Crippen molar-refractivity contribution in [3.8, 4) is 0 Å². The van der Waals surface area contributed by atoms with Gasteiger partial charge in [0.2, 0.25) is 0 Å². The van der Waals surface area contributed by atoms with Gasteiger partial charge in [-0.2, -0.15) is 0 Å². The fourth-order valence-electron chi connectivity index (χ4n) is 8.88. The van der Waals surface area contributed by atoms with Gasteiger partial charge in [0.25, 0.3) is 0 Å². The van der Waals surface area contributed by atoms with Gasteiger partial charge in [-0.1, -0.05) is 60.1 Å². The average molecular weight is 457 g/mol. The van der Waals surface area contributed by atoms with Gasteiger partial charge in [0.1, 0.15) is 6.10 Å².